The third-order valence-electron chi connectivity index (χ3n) is 3.06. The molecular weight excluding hydrogens is 218 g/mol. The first kappa shape index (κ1) is 14.3. The summed E-state index contributed by atoms with van der Waals surface area (Å²) in [7, 11) is 0. The lowest BCUT2D eigenvalue weighted by Crippen LogP contribution is -2.48. The maximum Gasteiger partial charge on any atom is 0.410 e. The molecule has 0 spiro atoms. The van der Waals surface area contributed by atoms with Crippen molar-refractivity contribution in [2.45, 2.75) is 71.1 Å². The van der Waals surface area contributed by atoms with Gasteiger partial charge in [-0.3, -0.25) is 0 Å². The summed E-state index contributed by atoms with van der Waals surface area (Å²) >= 11 is 0. The minimum Gasteiger partial charge on any atom is -0.444 e. The summed E-state index contributed by atoms with van der Waals surface area (Å²) in [5.74, 6) is 0. The van der Waals surface area contributed by atoms with Gasteiger partial charge in [-0.2, -0.15) is 0 Å². The van der Waals surface area contributed by atoms with Gasteiger partial charge in [0.1, 0.15) is 5.60 Å². The Hall–Kier alpha value is -0.770. The van der Waals surface area contributed by atoms with Gasteiger partial charge in [0.15, 0.2) is 0 Å². The Bertz CT molecular complexity index is 254. The van der Waals surface area contributed by atoms with Crippen LogP contribution in [0.5, 0.6) is 0 Å². The molecule has 1 aliphatic rings. The molecule has 0 aromatic carbocycles. The summed E-state index contributed by atoms with van der Waals surface area (Å²) in [6.45, 7) is 7.43. The van der Waals surface area contributed by atoms with E-state index in [4.69, 9.17) is 4.74 Å². The van der Waals surface area contributed by atoms with Gasteiger partial charge >= 0.3 is 6.09 Å². The highest BCUT2D eigenvalue weighted by Crippen LogP contribution is 2.26. The lowest BCUT2D eigenvalue weighted by molar-refractivity contribution is 0.000313. The zero-order chi connectivity index (χ0) is 13.1. The smallest absolute Gasteiger partial charge is 0.410 e. The summed E-state index contributed by atoms with van der Waals surface area (Å²) in [5, 5.41) is 9.26. The minimum atomic E-state index is -0.483. The first-order valence-electron chi connectivity index (χ1n) is 6.47. The number of nitrogens with zero attached hydrogens (tertiary/aromatic N) is 1. The normalized spacial score (nSPS) is 19.1. The summed E-state index contributed by atoms with van der Waals surface area (Å²) < 4.78 is 5.41. The van der Waals surface area contributed by atoms with Crippen molar-refractivity contribution >= 4 is 6.09 Å². The molecule has 0 aromatic heterocycles. The van der Waals surface area contributed by atoms with Crippen LogP contribution >= 0.6 is 0 Å². The predicted molar refractivity (Wildman–Crippen MR) is 66.9 cm³/mol. The zero-order valence-corrected chi connectivity index (χ0v) is 11.4. The van der Waals surface area contributed by atoms with Crippen molar-refractivity contribution in [3.63, 3.8) is 0 Å². The molecule has 0 heterocycles. The van der Waals surface area contributed by atoms with Gasteiger partial charge < -0.3 is 14.7 Å². The standard InChI is InChI=1S/C13H25NO3/c1-10(9-15)14(11-7-5-6-8-11)12(16)17-13(2,3)4/h10-11,15H,5-9H2,1-4H3/t10-/m1/s1. The fraction of sp³-hybridized carbons (Fsp3) is 0.923. The van der Waals surface area contributed by atoms with Gasteiger partial charge in [-0.05, 0) is 40.5 Å². The van der Waals surface area contributed by atoms with E-state index >= 15 is 0 Å². The lowest BCUT2D eigenvalue weighted by Gasteiger charge is -2.35. The molecule has 17 heavy (non-hydrogen) atoms. The van der Waals surface area contributed by atoms with Crippen molar-refractivity contribution < 1.29 is 14.6 Å². The molecule has 1 atom stereocenters. The van der Waals surface area contributed by atoms with Crippen LogP contribution in [0.1, 0.15) is 53.4 Å². The molecule has 1 saturated carbocycles. The second kappa shape index (κ2) is 5.71. The largest absolute Gasteiger partial charge is 0.444 e. The highest BCUT2D eigenvalue weighted by atomic mass is 16.6. The average molecular weight is 243 g/mol. The second-order valence-corrected chi connectivity index (χ2v) is 5.86. The van der Waals surface area contributed by atoms with E-state index in [-0.39, 0.29) is 24.8 Å². The number of aliphatic hydroxyl groups is 1. The van der Waals surface area contributed by atoms with E-state index < -0.39 is 5.60 Å². The highest BCUT2D eigenvalue weighted by molar-refractivity contribution is 5.69. The molecule has 1 fully saturated rings. The summed E-state index contributed by atoms with van der Waals surface area (Å²) in [5.41, 5.74) is -0.483. The fourth-order valence-electron chi connectivity index (χ4n) is 2.27. The van der Waals surface area contributed by atoms with Crippen LogP contribution in [0.25, 0.3) is 0 Å². The van der Waals surface area contributed by atoms with E-state index in [1.807, 2.05) is 27.7 Å². The highest BCUT2D eigenvalue weighted by Gasteiger charge is 2.33. The summed E-state index contributed by atoms with van der Waals surface area (Å²) in [6, 6.07) is 0.0555. The maximum absolute atomic E-state index is 12.1. The van der Waals surface area contributed by atoms with Crippen molar-refractivity contribution in [2.75, 3.05) is 6.61 Å². The van der Waals surface area contributed by atoms with E-state index in [0.717, 1.165) is 25.7 Å². The van der Waals surface area contributed by atoms with Crippen molar-refractivity contribution in [1.29, 1.82) is 0 Å². The number of ether oxygens (including phenoxy) is 1. The molecule has 4 nitrogen and oxygen atoms in total. The number of hydrogen-bond donors (Lipinski definition) is 1. The molecule has 0 bridgehead atoms. The Morgan fingerprint density at radius 3 is 2.35 bits per heavy atom. The fourth-order valence-corrected chi connectivity index (χ4v) is 2.27. The maximum atomic E-state index is 12.1. The Kier molecular flexibility index (Phi) is 4.80. The van der Waals surface area contributed by atoms with Crippen molar-refractivity contribution in [3.8, 4) is 0 Å². The Labute approximate surface area is 104 Å². The summed E-state index contributed by atoms with van der Waals surface area (Å²) in [4.78, 5) is 13.9. The van der Waals surface area contributed by atoms with Crippen molar-refractivity contribution in [3.05, 3.63) is 0 Å². The molecule has 1 amide bonds. The first-order chi connectivity index (χ1) is 7.85. The van der Waals surface area contributed by atoms with Gasteiger partial charge in [0, 0.05) is 6.04 Å². The van der Waals surface area contributed by atoms with E-state index in [1.165, 1.54) is 0 Å². The Morgan fingerprint density at radius 2 is 1.94 bits per heavy atom. The lowest BCUT2D eigenvalue weighted by atomic mass is 10.1. The van der Waals surface area contributed by atoms with Crippen LogP contribution in [0.4, 0.5) is 4.79 Å². The molecule has 0 unspecified atom stereocenters. The van der Waals surface area contributed by atoms with Gasteiger partial charge in [0.05, 0.1) is 12.6 Å². The molecule has 100 valence electrons. The quantitative estimate of drug-likeness (QED) is 0.828. The van der Waals surface area contributed by atoms with E-state index in [9.17, 15) is 9.90 Å². The van der Waals surface area contributed by atoms with Gasteiger partial charge in [-0.1, -0.05) is 12.8 Å². The van der Waals surface area contributed by atoms with Gasteiger partial charge in [0.2, 0.25) is 0 Å². The predicted octanol–water partition coefficient (Wildman–Crippen LogP) is 2.55. The van der Waals surface area contributed by atoms with Gasteiger partial charge in [-0.25, -0.2) is 4.79 Å². The molecule has 1 aliphatic carbocycles. The van der Waals surface area contributed by atoms with Crippen LogP contribution in [-0.4, -0.2) is 40.4 Å². The SMILES string of the molecule is C[C@H](CO)N(C(=O)OC(C)(C)C)C1CCCC1. The number of aliphatic hydroxyl groups excluding tert-OH is 1. The average Bonchev–Trinajstić information content (AvgIpc) is 2.68. The van der Waals surface area contributed by atoms with E-state index in [2.05, 4.69) is 0 Å². The molecule has 0 aliphatic heterocycles. The topological polar surface area (TPSA) is 49.8 Å². The van der Waals surface area contributed by atoms with Crippen LogP contribution in [0, 0.1) is 0 Å². The first-order valence-corrected chi connectivity index (χ1v) is 6.47. The second-order valence-electron chi connectivity index (χ2n) is 5.86. The number of hydrogen-bond acceptors (Lipinski definition) is 3. The number of carbonyl (C=O) groups is 1. The number of amides is 1. The van der Waals surface area contributed by atoms with Crippen molar-refractivity contribution in [2.24, 2.45) is 0 Å². The van der Waals surface area contributed by atoms with E-state index in [1.54, 1.807) is 4.90 Å². The summed E-state index contributed by atoms with van der Waals surface area (Å²) in [6.07, 6.45) is 4.04. The van der Waals surface area contributed by atoms with E-state index in [0.29, 0.717) is 0 Å². The van der Waals surface area contributed by atoms with Crippen LogP contribution < -0.4 is 0 Å². The minimum absolute atomic E-state index is 0.0181. The number of rotatable bonds is 3. The third kappa shape index (κ3) is 4.19. The molecule has 1 rings (SSSR count). The third-order valence-corrected chi connectivity index (χ3v) is 3.06. The number of carbonyl (C=O) groups excluding carboxylic acids is 1. The zero-order valence-electron chi connectivity index (χ0n) is 11.4. The molecule has 0 saturated heterocycles. The molecule has 0 aromatic rings. The molecule has 4 heteroatoms. The Balaban J connectivity index is 2.71. The van der Waals surface area contributed by atoms with Gasteiger partial charge in [0.25, 0.3) is 0 Å². The van der Waals surface area contributed by atoms with Crippen LogP contribution in [0.15, 0.2) is 0 Å². The van der Waals surface area contributed by atoms with Gasteiger partial charge in [-0.15, -0.1) is 0 Å². The van der Waals surface area contributed by atoms with Crippen molar-refractivity contribution in [1.82, 2.24) is 4.90 Å². The molecule has 0 radical (unpaired) electrons. The molecular formula is C13H25NO3. The van der Waals surface area contributed by atoms with Crippen LogP contribution in [0.3, 0.4) is 0 Å². The Morgan fingerprint density at radius 1 is 1.41 bits per heavy atom. The van der Waals surface area contributed by atoms with Crippen LogP contribution in [-0.2, 0) is 4.74 Å². The molecule has 1 N–H and O–H groups in total. The monoisotopic (exact) mass is 243 g/mol. The van der Waals surface area contributed by atoms with Crippen LogP contribution in [0.2, 0.25) is 0 Å².